The molecular weight excluding hydrogens is 389 g/mol. The van der Waals surface area contributed by atoms with Crippen LogP contribution in [-0.4, -0.2) is 17.5 Å². The maximum Gasteiger partial charge on any atom is 0.178 e. The fraction of sp³-hybridized carbons (Fsp3) is 0.0741. The number of hydrogen-bond donors (Lipinski definition) is 0. The maximum absolute atomic E-state index is 13.2. The summed E-state index contributed by atoms with van der Waals surface area (Å²) in [6, 6.07) is 22.1. The van der Waals surface area contributed by atoms with Gasteiger partial charge in [0, 0.05) is 29.2 Å². The summed E-state index contributed by atoms with van der Waals surface area (Å²) in [6.07, 6.45) is 8.76. The second-order valence-corrected chi connectivity index (χ2v) is 7.20. The number of rotatable bonds is 7. The molecule has 0 amide bonds. The molecule has 0 atom stereocenters. The van der Waals surface area contributed by atoms with Gasteiger partial charge < -0.3 is 9.30 Å². The van der Waals surface area contributed by atoms with Gasteiger partial charge in [0.1, 0.15) is 11.6 Å². The summed E-state index contributed by atoms with van der Waals surface area (Å²) in [5, 5.41) is 1.06. The van der Waals surface area contributed by atoms with Crippen LogP contribution in [0.1, 0.15) is 16.7 Å². The Morgan fingerprint density at radius 1 is 0.935 bits per heavy atom. The summed E-state index contributed by atoms with van der Waals surface area (Å²) in [5.41, 5.74) is 3.96. The van der Waals surface area contributed by atoms with Gasteiger partial charge >= 0.3 is 0 Å². The Morgan fingerprint density at radius 2 is 1.65 bits per heavy atom. The average Bonchev–Trinajstić information content (AvgIpc) is 3.15. The lowest BCUT2D eigenvalue weighted by atomic mass is 10.1. The fourth-order valence-corrected chi connectivity index (χ4v) is 3.45. The van der Waals surface area contributed by atoms with Crippen molar-refractivity contribution < 1.29 is 13.9 Å². The minimum Gasteiger partial charge on any atom is -0.497 e. The predicted molar refractivity (Wildman–Crippen MR) is 124 cm³/mol. The lowest BCUT2D eigenvalue weighted by molar-refractivity contribution is -0.110. The zero-order valence-electron chi connectivity index (χ0n) is 17.2. The van der Waals surface area contributed by atoms with Crippen molar-refractivity contribution in [1.82, 2.24) is 4.57 Å². The molecule has 31 heavy (non-hydrogen) atoms. The maximum atomic E-state index is 13.2. The Bertz CT molecular complexity index is 1250. The molecule has 0 saturated carbocycles. The molecule has 0 aliphatic carbocycles. The standard InChI is InChI=1S/C27H22FNO2/c1-31-25-16-9-20(10-17-25)8-14-24(30)15-11-22-19-29(27-5-3-2-4-26(22)27)18-21-6-12-23(28)13-7-21/h2-17,19H,18H2,1H3/b14-8+,15-11+. The largest absolute Gasteiger partial charge is 0.497 e. The molecule has 1 heterocycles. The summed E-state index contributed by atoms with van der Waals surface area (Å²) in [7, 11) is 1.62. The molecule has 3 nitrogen and oxygen atoms in total. The van der Waals surface area contributed by atoms with Crippen molar-refractivity contribution in [3.05, 3.63) is 114 Å². The number of aromatic nitrogens is 1. The van der Waals surface area contributed by atoms with E-state index >= 15 is 0 Å². The molecule has 4 rings (SSSR count). The third-order valence-corrected chi connectivity index (χ3v) is 5.07. The van der Waals surface area contributed by atoms with Crippen LogP contribution in [0.3, 0.4) is 0 Å². The molecule has 0 aliphatic rings. The molecule has 154 valence electrons. The van der Waals surface area contributed by atoms with Crippen LogP contribution in [0.15, 0.2) is 91.1 Å². The zero-order chi connectivity index (χ0) is 21.6. The summed E-state index contributed by atoms with van der Waals surface area (Å²) >= 11 is 0. The Labute approximate surface area is 180 Å². The normalized spacial score (nSPS) is 11.5. The first kappa shape index (κ1) is 20.4. The summed E-state index contributed by atoms with van der Waals surface area (Å²) in [5.74, 6) is 0.442. The Balaban J connectivity index is 1.53. The summed E-state index contributed by atoms with van der Waals surface area (Å²) in [4.78, 5) is 12.3. The number of methoxy groups -OCH3 is 1. The van der Waals surface area contributed by atoms with E-state index in [1.165, 1.54) is 12.1 Å². The highest BCUT2D eigenvalue weighted by Gasteiger charge is 2.07. The number of para-hydroxylation sites is 1. The van der Waals surface area contributed by atoms with Crippen LogP contribution in [0.25, 0.3) is 23.1 Å². The van der Waals surface area contributed by atoms with Crippen molar-refractivity contribution in [3.63, 3.8) is 0 Å². The SMILES string of the molecule is COc1ccc(/C=C/C(=O)/C=C/c2cn(Cc3ccc(F)cc3)c3ccccc23)cc1. The predicted octanol–water partition coefficient (Wildman–Crippen LogP) is 6.13. The van der Waals surface area contributed by atoms with Gasteiger partial charge in [0.2, 0.25) is 0 Å². The van der Waals surface area contributed by atoms with E-state index in [4.69, 9.17) is 4.74 Å². The highest BCUT2D eigenvalue weighted by atomic mass is 19.1. The van der Waals surface area contributed by atoms with Gasteiger partial charge in [0.05, 0.1) is 7.11 Å². The summed E-state index contributed by atoms with van der Waals surface area (Å²) in [6.45, 7) is 0.625. The van der Waals surface area contributed by atoms with Gasteiger partial charge in [-0.3, -0.25) is 4.79 Å². The molecule has 0 aliphatic heterocycles. The molecule has 4 heteroatoms. The third kappa shape index (κ3) is 4.98. The van der Waals surface area contributed by atoms with Crippen LogP contribution < -0.4 is 4.74 Å². The van der Waals surface area contributed by atoms with E-state index < -0.39 is 0 Å². The van der Waals surface area contributed by atoms with Crippen molar-refractivity contribution >= 4 is 28.8 Å². The van der Waals surface area contributed by atoms with E-state index in [0.29, 0.717) is 6.54 Å². The number of benzene rings is 3. The van der Waals surface area contributed by atoms with Crippen molar-refractivity contribution in [3.8, 4) is 5.75 Å². The van der Waals surface area contributed by atoms with E-state index in [9.17, 15) is 9.18 Å². The van der Waals surface area contributed by atoms with E-state index in [2.05, 4.69) is 4.57 Å². The number of fused-ring (bicyclic) bond motifs is 1. The molecule has 4 aromatic rings. The van der Waals surface area contributed by atoms with E-state index in [-0.39, 0.29) is 11.6 Å². The molecule has 1 aromatic heterocycles. The number of allylic oxidation sites excluding steroid dienone is 2. The van der Waals surface area contributed by atoms with Gasteiger partial charge in [0.15, 0.2) is 5.78 Å². The van der Waals surface area contributed by atoms with Crippen LogP contribution in [0, 0.1) is 5.82 Å². The lowest BCUT2D eigenvalue weighted by Gasteiger charge is -2.05. The Morgan fingerprint density at radius 3 is 2.39 bits per heavy atom. The molecule has 0 spiro atoms. The van der Waals surface area contributed by atoms with Crippen molar-refractivity contribution in [2.75, 3.05) is 7.11 Å². The minimum absolute atomic E-state index is 0.0915. The van der Waals surface area contributed by atoms with Crippen LogP contribution in [0.4, 0.5) is 4.39 Å². The molecule has 0 bridgehead atoms. The average molecular weight is 411 g/mol. The molecule has 0 saturated heterocycles. The fourth-order valence-electron chi connectivity index (χ4n) is 3.45. The van der Waals surface area contributed by atoms with Crippen molar-refractivity contribution in [2.24, 2.45) is 0 Å². The quantitative estimate of drug-likeness (QED) is 0.342. The van der Waals surface area contributed by atoms with Gasteiger partial charge in [-0.25, -0.2) is 4.39 Å². The smallest absolute Gasteiger partial charge is 0.178 e. The van der Waals surface area contributed by atoms with Gasteiger partial charge in [-0.1, -0.05) is 48.5 Å². The number of hydrogen-bond acceptors (Lipinski definition) is 2. The van der Waals surface area contributed by atoms with Crippen LogP contribution >= 0.6 is 0 Å². The molecule has 0 unspecified atom stereocenters. The molecular formula is C27H22FNO2. The minimum atomic E-state index is -0.244. The van der Waals surface area contributed by atoms with E-state index in [0.717, 1.165) is 33.3 Å². The third-order valence-electron chi connectivity index (χ3n) is 5.07. The number of ketones is 1. The van der Waals surface area contributed by atoms with Crippen LogP contribution in [0.5, 0.6) is 5.75 Å². The molecule has 3 aromatic carbocycles. The Kier molecular flexibility index (Phi) is 6.08. The summed E-state index contributed by atoms with van der Waals surface area (Å²) < 4.78 is 20.5. The van der Waals surface area contributed by atoms with E-state index in [1.54, 1.807) is 37.5 Å². The molecule has 0 radical (unpaired) electrons. The second-order valence-electron chi connectivity index (χ2n) is 7.20. The van der Waals surface area contributed by atoms with Gasteiger partial charge in [-0.15, -0.1) is 0 Å². The topological polar surface area (TPSA) is 31.2 Å². The number of carbonyl (C=O) groups is 1. The number of ether oxygens (including phenoxy) is 1. The number of carbonyl (C=O) groups excluding carboxylic acids is 1. The van der Waals surface area contributed by atoms with Crippen molar-refractivity contribution in [2.45, 2.75) is 6.54 Å². The lowest BCUT2D eigenvalue weighted by Crippen LogP contribution is -1.97. The number of halogens is 1. The number of nitrogens with zero attached hydrogens (tertiary/aromatic N) is 1. The van der Waals surface area contributed by atoms with E-state index in [1.807, 2.05) is 60.8 Å². The van der Waals surface area contributed by atoms with Gasteiger partial charge in [0.25, 0.3) is 0 Å². The van der Waals surface area contributed by atoms with Crippen molar-refractivity contribution in [1.29, 1.82) is 0 Å². The van der Waals surface area contributed by atoms with Gasteiger partial charge in [-0.2, -0.15) is 0 Å². The zero-order valence-corrected chi connectivity index (χ0v) is 17.2. The highest BCUT2D eigenvalue weighted by Crippen LogP contribution is 2.24. The first-order valence-corrected chi connectivity index (χ1v) is 9.99. The molecule has 0 fully saturated rings. The first-order valence-electron chi connectivity index (χ1n) is 9.99. The van der Waals surface area contributed by atoms with Crippen LogP contribution in [0.2, 0.25) is 0 Å². The second kappa shape index (κ2) is 9.26. The Hall–Kier alpha value is -3.92. The molecule has 0 N–H and O–H groups in total. The van der Waals surface area contributed by atoms with Gasteiger partial charge in [-0.05, 0) is 59.7 Å². The first-order chi connectivity index (χ1) is 15.1. The highest BCUT2D eigenvalue weighted by molar-refractivity contribution is 6.05. The monoisotopic (exact) mass is 411 g/mol. The van der Waals surface area contributed by atoms with Crippen LogP contribution in [-0.2, 0) is 11.3 Å².